The molecule has 108 valence electrons. The Balaban J connectivity index is 2.36. The van der Waals surface area contributed by atoms with Gasteiger partial charge in [-0.3, -0.25) is 0 Å². The second-order valence-corrected chi connectivity index (χ2v) is 6.37. The maximum atomic E-state index is 5.18. The zero-order valence-electron chi connectivity index (χ0n) is 13.1. The molecule has 0 saturated carbocycles. The fraction of sp³-hybridized carbons (Fsp3) is 0.647. The van der Waals surface area contributed by atoms with E-state index in [1.54, 1.807) is 7.11 Å². The second kappa shape index (κ2) is 7.54. The molecule has 0 saturated heterocycles. The Hall–Kier alpha value is -1.02. The van der Waals surface area contributed by atoms with Gasteiger partial charge in [0.1, 0.15) is 5.75 Å². The van der Waals surface area contributed by atoms with Crippen LogP contribution in [0.2, 0.25) is 0 Å². The number of rotatable bonds is 8. The highest BCUT2D eigenvalue weighted by atomic mass is 16.5. The predicted octanol–water partition coefficient (Wildman–Crippen LogP) is 4.04. The Kier molecular flexibility index (Phi) is 6.36. The summed E-state index contributed by atoms with van der Waals surface area (Å²) in [6, 6.07) is 9.01. The van der Waals surface area contributed by atoms with E-state index in [-0.39, 0.29) is 0 Å². The van der Waals surface area contributed by atoms with Gasteiger partial charge in [0.05, 0.1) is 7.11 Å². The van der Waals surface area contributed by atoms with E-state index in [2.05, 4.69) is 45.1 Å². The van der Waals surface area contributed by atoms with Crippen molar-refractivity contribution < 1.29 is 4.74 Å². The molecule has 0 fully saturated rings. The van der Waals surface area contributed by atoms with Crippen LogP contribution in [-0.2, 0) is 6.42 Å². The molecular formula is C17H29NO. The number of ether oxygens (including phenoxy) is 1. The van der Waals surface area contributed by atoms with Crippen molar-refractivity contribution in [2.75, 3.05) is 13.7 Å². The lowest BCUT2D eigenvalue weighted by Crippen LogP contribution is -2.28. The van der Waals surface area contributed by atoms with Gasteiger partial charge < -0.3 is 10.1 Å². The second-order valence-electron chi connectivity index (χ2n) is 6.37. The van der Waals surface area contributed by atoms with Crippen molar-refractivity contribution in [3.63, 3.8) is 0 Å². The van der Waals surface area contributed by atoms with Crippen molar-refractivity contribution in [3.8, 4) is 5.75 Å². The molecular weight excluding hydrogens is 234 g/mol. The average molecular weight is 263 g/mol. The van der Waals surface area contributed by atoms with Crippen LogP contribution >= 0.6 is 0 Å². The van der Waals surface area contributed by atoms with E-state index in [1.807, 2.05) is 12.1 Å². The number of methoxy groups -OCH3 is 1. The maximum Gasteiger partial charge on any atom is 0.118 e. The summed E-state index contributed by atoms with van der Waals surface area (Å²) >= 11 is 0. The molecule has 0 bridgehead atoms. The van der Waals surface area contributed by atoms with E-state index in [1.165, 1.54) is 18.4 Å². The smallest absolute Gasteiger partial charge is 0.118 e. The van der Waals surface area contributed by atoms with Crippen molar-refractivity contribution in [2.24, 2.45) is 5.41 Å². The van der Waals surface area contributed by atoms with Crippen LogP contribution in [0.25, 0.3) is 0 Å². The normalized spacial score (nSPS) is 11.9. The molecule has 0 unspecified atom stereocenters. The zero-order valence-corrected chi connectivity index (χ0v) is 13.1. The fourth-order valence-corrected chi connectivity index (χ4v) is 2.10. The lowest BCUT2D eigenvalue weighted by atomic mass is 9.83. The van der Waals surface area contributed by atoms with Gasteiger partial charge in [-0.05, 0) is 48.9 Å². The summed E-state index contributed by atoms with van der Waals surface area (Å²) in [6.45, 7) is 10.2. The molecule has 0 heterocycles. The lowest BCUT2D eigenvalue weighted by Gasteiger charge is -2.25. The highest BCUT2D eigenvalue weighted by molar-refractivity contribution is 5.27. The number of nitrogens with one attached hydrogen (secondary N) is 1. The van der Waals surface area contributed by atoms with Crippen LogP contribution in [0.15, 0.2) is 24.3 Å². The van der Waals surface area contributed by atoms with Crippen LogP contribution in [0.5, 0.6) is 5.75 Å². The summed E-state index contributed by atoms with van der Waals surface area (Å²) in [4.78, 5) is 0. The number of hydrogen-bond donors (Lipinski definition) is 1. The molecule has 0 aliphatic carbocycles. The van der Waals surface area contributed by atoms with Gasteiger partial charge in [-0.1, -0.05) is 39.8 Å². The number of benzene rings is 1. The molecule has 2 nitrogen and oxygen atoms in total. The van der Waals surface area contributed by atoms with E-state index < -0.39 is 0 Å². The Bertz CT molecular complexity index is 354. The quantitative estimate of drug-likeness (QED) is 0.764. The van der Waals surface area contributed by atoms with Crippen molar-refractivity contribution in [3.05, 3.63) is 29.8 Å². The summed E-state index contributed by atoms with van der Waals surface area (Å²) in [5.74, 6) is 0.934. The molecule has 19 heavy (non-hydrogen) atoms. The summed E-state index contributed by atoms with van der Waals surface area (Å²) in [5, 5.41) is 3.50. The summed E-state index contributed by atoms with van der Waals surface area (Å²) in [5.41, 5.74) is 1.78. The van der Waals surface area contributed by atoms with E-state index in [4.69, 9.17) is 4.74 Å². The lowest BCUT2D eigenvalue weighted by molar-refractivity contribution is 0.298. The molecule has 0 spiro atoms. The Morgan fingerprint density at radius 2 is 1.74 bits per heavy atom. The molecule has 0 aliphatic rings. The van der Waals surface area contributed by atoms with Crippen LogP contribution in [0, 0.1) is 5.41 Å². The third-order valence-electron chi connectivity index (χ3n) is 3.60. The summed E-state index contributed by atoms with van der Waals surface area (Å²) in [7, 11) is 1.71. The predicted molar refractivity (Wildman–Crippen MR) is 82.9 cm³/mol. The minimum absolute atomic E-state index is 0.391. The molecule has 0 radical (unpaired) electrons. The van der Waals surface area contributed by atoms with Crippen LogP contribution in [0.4, 0.5) is 0 Å². The monoisotopic (exact) mass is 263 g/mol. The molecule has 0 atom stereocenters. The SMILES string of the molecule is COc1ccc(CCC(C)(C)CCNC(C)C)cc1. The van der Waals surface area contributed by atoms with Crippen molar-refractivity contribution in [1.82, 2.24) is 5.32 Å². The van der Waals surface area contributed by atoms with Gasteiger partial charge in [0.2, 0.25) is 0 Å². The number of hydrogen-bond acceptors (Lipinski definition) is 2. The van der Waals surface area contributed by atoms with E-state index >= 15 is 0 Å². The highest BCUT2D eigenvalue weighted by Crippen LogP contribution is 2.27. The van der Waals surface area contributed by atoms with Gasteiger partial charge in [-0.15, -0.1) is 0 Å². The first-order chi connectivity index (χ1) is 8.93. The first kappa shape index (κ1) is 16.0. The van der Waals surface area contributed by atoms with Crippen molar-refractivity contribution in [2.45, 2.75) is 53.0 Å². The molecule has 2 heteroatoms. The third kappa shape index (κ3) is 6.63. The summed E-state index contributed by atoms with van der Waals surface area (Å²) in [6.07, 6.45) is 3.58. The van der Waals surface area contributed by atoms with Gasteiger partial charge in [-0.25, -0.2) is 0 Å². The first-order valence-corrected chi connectivity index (χ1v) is 7.29. The molecule has 0 amide bonds. The van der Waals surface area contributed by atoms with Crippen molar-refractivity contribution >= 4 is 0 Å². The van der Waals surface area contributed by atoms with E-state index in [9.17, 15) is 0 Å². The van der Waals surface area contributed by atoms with Gasteiger partial charge in [-0.2, -0.15) is 0 Å². The zero-order chi connectivity index (χ0) is 14.3. The highest BCUT2D eigenvalue weighted by Gasteiger charge is 2.17. The largest absolute Gasteiger partial charge is 0.497 e. The van der Waals surface area contributed by atoms with Crippen LogP contribution in [-0.4, -0.2) is 19.7 Å². The molecule has 1 aromatic rings. The maximum absolute atomic E-state index is 5.18. The molecule has 0 aliphatic heterocycles. The minimum Gasteiger partial charge on any atom is -0.497 e. The van der Waals surface area contributed by atoms with Gasteiger partial charge >= 0.3 is 0 Å². The van der Waals surface area contributed by atoms with Crippen LogP contribution < -0.4 is 10.1 Å². The fourth-order valence-electron chi connectivity index (χ4n) is 2.10. The number of aryl methyl sites for hydroxylation is 1. The third-order valence-corrected chi connectivity index (χ3v) is 3.60. The molecule has 1 rings (SSSR count). The van der Waals surface area contributed by atoms with Crippen LogP contribution in [0.1, 0.15) is 46.1 Å². The molecule has 1 N–H and O–H groups in total. The molecule has 1 aromatic carbocycles. The van der Waals surface area contributed by atoms with Gasteiger partial charge in [0.25, 0.3) is 0 Å². The Labute approximate surface area is 118 Å². The van der Waals surface area contributed by atoms with Crippen molar-refractivity contribution in [1.29, 1.82) is 0 Å². The van der Waals surface area contributed by atoms with E-state index in [0.717, 1.165) is 18.7 Å². The Morgan fingerprint density at radius 3 is 2.26 bits per heavy atom. The summed E-state index contributed by atoms with van der Waals surface area (Å²) < 4.78 is 5.18. The van der Waals surface area contributed by atoms with E-state index in [0.29, 0.717) is 11.5 Å². The van der Waals surface area contributed by atoms with Gasteiger partial charge in [0, 0.05) is 6.04 Å². The minimum atomic E-state index is 0.391. The first-order valence-electron chi connectivity index (χ1n) is 7.29. The standard InChI is InChI=1S/C17H29NO/c1-14(2)18-13-12-17(3,4)11-10-15-6-8-16(19-5)9-7-15/h6-9,14,18H,10-13H2,1-5H3. The molecule has 0 aromatic heterocycles. The Morgan fingerprint density at radius 1 is 1.11 bits per heavy atom. The van der Waals surface area contributed by atoms with Crippen LogP contribution in [0.3, 0.4) is 0 Å². The topological polar surface area (TPSA) is 21.3 Å². The average Bonchev–Trinajstić information content (AvgIpc) is 2.36. The van der Waals surface area contributed by atoms with Gasteiger partial charge in [0.15, 0.2) is 0 Å².